The fraction of sp³-hybridized carbons (Fsp3) is 0.462. The molecule has 1 atom stereocenters. The highest BCUT2D eigenvalue weighted by Gasteiger charge is 2.29. The second kappa shape index (κ2) is 4.66. The number of benzene rings is 1. The molecule has 0 aliphatic carbocycles. The second-order valence-corrected chi connectivity index (χ2v) is 4.40. The summed E-state index contributed by atoms with van der Waals surface area (Å²) in [5, 5.41) is 0. The molecule has 0 bridgehead atoms. The van der Waals surface area contributed by atoms with Crippen LogP contribution in [-0.4, -0.2) is 18.5 Å². The third kappa shape index (κ3) is 1.95. The maximum absolute atomic E-state index is 12.1. The van der Waals surface area contributed by atoms with E-state index in [-0.39, 0.29) is 5.91 Å². The number of anilines is 1. The number of fused-ring (bicyclic) bond motifs is 1. The highest BCUT2D eigenvalue weighted by atomic mass is 16.2. The SMILES string of the molecule is C[C@H]1Cc2ccccc2N1C(=O)CCC[NH3+]. The fourth-order valence-electron chi connectivity index (χ4n) is 2.34. The molecule has 1 aliphatic rings. The van der Waals surface area contributed by atoms with Crippen LogP contribution in [-0.2, 0) is 11.2 Å². The Morgan fingerprint density at radius 1 is 1.50 bits per heavy atom. The standard InChI is InChI=1S/C13H18N2O/c1-10-9-11-5-2-3-6-12(11)15(10)13(16)7-4-8-14/h2-3,5-6,10H,4,7-9,14H2,1H3/p+1/t10-/m0/s1. The van der Waals surface area contributed by atoms with Gasteiger partial charge in [-0.2, -0.15) is 0 Å². The Kier molecular flexibility index (Phi) is 3.25. The Morgan fingerprint density at radius 3 is 3.00 bits per heavy atom. The van der Waals surface area contributed by atoms with E-state index in [1.165, 1.54) is 5.56 Å². The summed E-state index contributed by atoms with van der Waals surface area (Å²) in [6.07, 6.45) is 2.47. The quantitative estimate of drug-likeness (QED) is 0.809. The maximum Gasteiger partial charge on any atom is 0.227 e. The van der Waals surface area contributed by atoms with Gasteiger partial charge in [0.1, 0.15) is 0 Å². The molecule has 16 heavy (non-hydrogen) atoms. The number of amides is 1. The van der Waals surface area contributed by atoms with Gasteiger partial charge < -0.3 is 10.6 Å². The molecule has 1 aliphatic heterocycles. The average Bonchev–Trinajstić information content (AvgIpc) is 2.62. The van der Waals surface area contributed by atoms with Crippen LogP contribution in [0.2, 0.25) is 0 Å². The minimum absolute atomic E-state index is 0.237. The predicted octanol–water partition coefficient (Wildman–Crippen LogP) is 0.986. The maximum atomic E-state index is 12.1. The van der Waals surface area contributed by atoms with E-state index in [2.05, 4.69) is 18.7 Å². The molecule has 1 aromatic rings. The number of carbonyl (C=O) groups is 1. The molecular formula is C13H19N2O+. The fourth-order valence-corrected chi connectivity index (χ4v) is 2.34. The summed E-state index contributed by atoms with van der Waals surface area (Å²) in [5.41, 5.74) is 6.17. The number of nitrogens with zero attached hydrogens (tertiary/aromatic N) is 1. The van der Waals surface area contributed by atoms with Crippen LogP contribution in [0.5, 0.6) is 0 Å². The molecule has 3 nitrogen and oxygen atoms in total. The van der Waals surface area contributed by atoms with Crippen LogP contribution < -0.4 is 10.6 Å². The smallest absolute Gasteiger partial charge is 0.227 e. The predicted molar refractivity (Wildman–Crippen MR) is 64.1 cm³/mol. The van der Waals surface area contributed by atoms with Gasteiger partial charge in [-0.1, -0.05) is 18.2 Å². The van der Waals surface area contributed by atoms with Gasteiger partial charge >= 0.3 is 0 Å². The molecule has 0 fully saturated rings. The van der Waals surface area contributed by atoms with E-state index in [0.717, 1.165) is 25.1 Å². The lowest BCUT2D eigenvalue weighted by atomic mass is 10.1. The first-order valence-electron chi connectivity index (χ1n) is 5.93. The third-order valence-corrected chi connectivity index (χ3v) is 3.12. The minimum atomic E-state index is 0.237. The molecule has 1 heterocycles. The van der Waals surface area contributed by atoms with E-state index in [0.29, 0.717) is 12.5 Å². The van der Waals surface area contributed by atoms with Crippen molar-refractivity contribution in [3.8, 4) is 0 Å². The molecule has 86 valence electrons. The van der Waals surface area contributed by atoms with Gasteiger partial charge in [-0.05, 0) is 25.0 Å². The van der Waals surface area contributed by atoms with Crippen LogP contribution in [0.4, 0.5) is 5.69 Å². The van der Waals surface area contributed by atoms with E-state index in [1.807, 2.05) is 23.1 Å². The zero-order valence-corrected chi connectivity index (χ0v) is 9.78. The summed E-state index contributed by atoms with van der Waals surface area (Å²) >= 11 is 0. The van der Waals surface area contributed by atoms with Gasteiger partial charge in [0.05, 0.1) is 6.54 Å². The van der Waals surface area contributed by atoms with Crippen LogP contribution >= 0.6 is 0 Å². The van der Waals surface area contributed by atoms with Gasteiger partial charge in [0.2, 0.25) is 5.91 Å². The lowest BCUT2D eigenvalue weighted by Gasteiger charge is -2.22. The molecular weight excluding hydrogens is 200 g/mol. The molecule has 0 aromatic heterocycles. The van der Waals surface area contributed by atoms with Gasteiger partial charge in [-0.3, -0.25) is 4.79 Å². The Balaban J connectivity index is 2.18. The largest absolute Gasteiger partial charge is 0.358 e. The van der Waals surface area contributed by atoms with Crippen molar-refractivity contribution in [2.75, 3.05) is 11.4 Å². The molecule has 3 heteroatoms. The van der Waals surface area contributed by atoms with Crippen molar-refractivity contribution in [3.05, 3.63) is 29.8 Å². The summed E-state index contributed by atoms with van der Waals surface area (Å²) in [7, 11) is 0. The molecule has 1 amide bonds. The molecule has 0 saturated carbocycles. The minimum Gasteiger partial charge on any atom is -0.358 e. The van der Waals surface area contributed by atoms with E-state index in [1.54, 1.807) is 0 Å². The molecule has 0 radical (unpaired) electrons. The number of para-hydroxylation sites is 1. The van der Waals surface area contributed by atoms with Crippen LogP contribution in [0.1, 0.15) is 25.3 Å². The monoisotopic (exact) mass is 219 g/mol. The van der Waals surface area contributed by atoms with Crippen LogP contribution in [0, 0.1) is 0 Å². The Hall–Kier alpha value is -1.35. The Bertz CT molecular complexity index is 389. The Labute approximate surface area is 96.2 Å². The highest BCUT2D eigenvalue weighted by Crippen LogP contribution is 2.32. The lowest BCUT2D eigenvalue weighted by molar-refractivity contribution is -0.368. The van der Waals surface area contributed by atoms with Crippen molar-refractivity contribution in [3.63, 3.8) is 0 Å². The van der Waals surface area contributed by atoms with Crippen molar-refractivity contribution >= 4 is 11.6 Å². The van der Waals surface area contributed by atoms with E-state index in [9.17, 15) is 4.79 Å². The van der Waals surface area contributed by atoms with Gasteiger partial charge in [-0.15, -0.1) is 0 Å². The first-order chi connectivity index (χ1) is 7.74. The Morgan fingerprint density at radius 2 is 2.25 bits per heavy atom. The second-order valence-electron chi connectivity index (χ2n) is 4.40. The summed E-state index contributed by atoms with van der Waals surface area (Å²) in [5.74, 6) is 0.237. The first kappa shape index (κ1) is 11.1. The van der Waals surface area contributed by atoms with Crippen molar-refractivity contribution in [1.29, 1.82) is 0 Å². The van der Waals surface area contributed by atoms with Gasteiger partial charge in [0.15, 0.2) is 0 Å². The van der Waals surface area contributed by atoms with E-state index in [4.69, 9.17) is 0 Å². The lowest BCUT2D eigenvalue weighted by Crippen LogP contribution is -2.50. The number of carbonyl (C=O) groups excluding carboxylic acids is 1. The summed E-state index contributed by atoms with van der Waals surface area (Å²) in [6, 6.07) is 8.49. The van der Waals surface area contributed by atoms with Crippen molar-refractivity contribution < 1.29 is 10.5 Å². The van der Waals surface area contributed by atoms with Crippen molar-refractivity contribution in [2.24, 2.45) is 0 Å². The van der Waals surface area contributed by atoms with Gasteiger partial charge in [-0.25, -0.2) is 0 Å². The van der Waals surface area contributed by atoms with Gasteiger partial charge in [0, 0.05) is 24.6 Å². The molecule has 0 spiro atoms. The molecule has 0 saturated heterocycles. The number of rotatable bonds is 3. The van der Waals surface area contributed by atoms with Crippen LogP contribution in [0.25, 0.3) is 0 Å². The number of hydrogen-bond acceptors (Lipinski definition) is 1. The summed E-state index contributed by atoms with van der Waals surface area (Å²) < 4.78 is 0. The zero-order chi connectivity index (χ0) is 11.5. The third-order valence-electron chi connectivity index (χ3n) is 3.12. The van der Waals surface area contributed by atoms with E-state index >= 15 is 0 Å². The zero-order valence-electron chi connectivity index (χ0n) is 9.78. The molecule has 0 unspecified atom stereocenters. The van der Waals surface area contributed by atoms with E-state index < -0.39 is 0 Å². The highest BCUT2D eigenvalue weighted by molar-refractivity contribution is 5.96. The van der Waals surface area contributed by atoms with Crippen molar-refractivity contribution in [2.45, 2.75) is 32.2 Å². The van der Waals surface area contributed by atoms with Crippen LogP contribution in [0.15, 0.2) is 24.3 Å². The summed E-state index contributed by atoms with van der Waals surface area (Å²) in [4.78, 5) is 14.0. The number of quaternary nitrogens is 1. The van der Waals surface area contributed by atoms with Crippen LogP contribution in [0.3, 0.4) is 0 Å². The molecule has 3 N–H and O–H groups in total. The first-order valence-corrected chi connectivity index (χ1v) is 5.93. The number of hydrogen-bond donors (Lipinski definition) is 1. The average molecular weight is 219 g/mol. The summed E-state index contributed by atoms with van der Waals surface area (Å²) in [6.45, 7) is 2.94. The molecule has 1 aromatic carbocycles. The van der Waals surface area contributed by atoms with Crippen molar-refractivity contribution in [1.82, 2.24) is 0 Å². The normalized spacial score (nSPS) is 18.6. The van der Waals surface area contributed by atoms with Gasteiger partial charge in [0.25, 0.3) is 0 Å². The topological polar surface area (TPSA) is 48.0 Å². The molecule has 2 rings (SSSR count).